The van der Waals surface area contributed by atoms with Gasteiger partial charge in [-0.1, -0.05) is 30.7 Å². The molecule has 0 fully saturated rings. The molecule has 0 aromatic heterocycles. The molecule has 2 N–H and O–H groups in total. The number of aromatic hydroxyl groups is 1. The van der Waals surface area contributed by atoms with Gasteiger partial charge in [0.1, 0.15) is 5.75 Å². The standard InChI is InChI=1S/C19H29NO3/c1-14(2)6-5-7-15(3)10-11-23-19(22)20-13-17-8-9-18(21)16(4)12-17/h6,8-9,12,15,21H,5,7,10-11,13H2,1-4H3,(H,20,22). The zero-order chi connectivity index (χ0) is 17.2. The van der Waals surface area contributed by atoms with Crippen molar-refractivity contribution in [1.29, 1.82) is 0 Å². The summed E-state index contributed by atoms with van der Waals surface area (Å²) in [6.45, 7) is 9.06. The molecule has 1 aromatic carbocycles. The van der Waals surface area contributed by atoms with Crippen LogP contribution in [-0.4, -0.2) is 17.8 Å². The van der Waals surface area contributed by atoms with Crippen LogP contribution in [0.2, 0.25) is 0 Å². The lowest BCUT2D eigenvalue weighted by molar-refractivity contribution is 0.138. The van der Waals surface area contributed by atoms with Crippen LogP contribution >= 0.6 is 0 Å². The minimum Gasteiger partial charge on any atom is -0.508 e. The number of ether oxygens (including phenoxy) is 1. The molecule has 128 valence electrons. The number of phenolic OH excluding ortho intramolecular Hbond substituents is 1. The third-order valence-electron chi connectivity index (χ3n) is 3.75. The Morgan fingerprint density at radius 1 is 1.35 bits per heavy atom. The molecule has 1 rings (SSSR count). The summed E-state index contributed by atoms with van der Waals surface area (Å²) in [7, 11) is 0. The maximum absolute atomic E-state index is 11.7. The van der Waals surface area contributed by atoms with Crippen molar-refractivity contribution >= 4 is 6.09 Å². The topological polar surface area (TPSA) is 58.6 Å². The normalized spacial score (nSPS) is 11.7. The number of phenols is 1. The van der Waals surface area contributed by atoms with E-state index >= 15 is 0 Å². The molecule has 1 amide bonds. The van der Waals surface area contributed by atoms with Crippen LogP contribution in [0.15, 0.2) is 29.8 Å². The third-order valence-corrected chi connectivity index (χ3v) is 3.75. The molecule has 1 aromatic rings. The lowest BCUT2D eigenvalue weighted by Crippen LogP contribution is -2.24. The summed E-state index contributed by atoms with van der Waals surface area (Å²) in [5.41, 5.74) is 3.08. The Balaban J connectivity index is 2.19. The molecular formula is C19H29NO3. The number of benzene rings is 1. The second kappa shape index (κ2) is 9.93. The Morgan fingerprint density at radius 2 is 2.09 bits per heavy atom. The quantitative estimate of drug-likeness (QED) is 0.683. The minimum absolute atomic E-state index is 0.262. The maximum atomic E-state index is 11.7. The first kappa shape index (κ1) is 19.1. The van der Waals surface area contributed by atoms with Gasteiger partial charge in [0.05, 0.1) is 6.61 Å². The van der Waals surface area contributed by atoms with E-state index in [1.54, 1.807) is 12.1 Å². The number of carbonyl (C=O) groups is 1. The van der Waals surface area contributed by atoms with E-state index in [1.807, 2.05) is 13.0 Å². The highest BCUT2D eigenvalue weighted by atomic mass is 16.5. The lowest BCUT2D eigenvalue weighted by atomic mass is 10.0. The summed E-state index contributed by atoms with van der Waals surface area (Å²) in [6.07, 6.45) is 4.91. The van der Waals surface area contributed by atoms with Gasteiger partial charge in [-0.2, -0.15) is 0 Å². The lowest BCUT2D eigenvalue weighted by Gasteiger charge is -2.11. The summed E-state index contributed by atoms with van der Waals surface area (Å²) >= 11 is 0. The van der Waals surface area contributed by atoms with Crippen LogP contribution in [-0.2, 0) is 11.3 Å². The van der Waals surface area contributed by atoms with Gasteiger partial charge in [-0.25, -0.2) is 4.79 Å². The number of carbonyl (C=O) groups excluding carboxylic acids is 1. The molecular weight excluding hydrogens is 290 g/mol. The first-order valence-corrected chi connectivity index (χ1v) is 8.21. The molecule has 0 aliphatic heterocycles. The predicted octanol–water partition coefficient (Wildman–Crippen LogP) is 4.70. The fourth-order valence-corrected chi connectivity index (χ4v) is 2.21. The van der Waals surface area contributed by atoms with Crippen LogP contribution in [0.1, 0.15) is 51.2 Å². The Morgan fingerprint density at radius 3 is 2.74 bits per heavy atom. The van der Waals surface area contributed by atoms with E-state index in [-0.39, 0.29) is 5.75 Å². The van der Waals surface area contributed by atoms with Crippen molar-refractivity contribution in [3.05, 3.63) is 41.0 Å². The number of aryl methyl sites for hydroxylation is 1. The van der Waals surface area contributed by atoms with E-state index in [0.717, 1.165) is 30.4 Å². The van der Waals surface area contributed by atoms with Gasteiger partial charge in [-0.15, -0.1) is 0 Å². The minimum atomic E-state index is -0.396. The highest BCUT2D eigenvalue weighted by molar-refractivity contribution is 5.67. The summed E-state index contributed by atoms with van der Waals surface area (Å²) in [4.78, 5) is 11.7. The van der Waals surface area contributed by atoms with Crippen molar-refractivity contribution in [2.75, 3.05) is 6.61 Å². The maximum Gasteiger partial charge on any atom is 0.407 e. The first-order valence-electron chi connectivity index (χ1n) is 8.21. The molecule has 1 unspecified atom stereocenters. The van der Waals surface area contributed by atoms with Gasteiger partial charge in [0.2, 0.25) is 0 Å². The van der Waals surface area contributed by atoms with Crippen LogP contribution in [0.3, 0.4) is 0 Å². The molecule has 4 nitrogen and oxygen atoms in total. The van der Waals surface area contributed by atoms with Gasteiger partial charge in [0.15, 0.2) is 0 Å². The predicted molar refractivity (Wildman–Crippen MR) is 93.5 cm³/mol. The number of amides is 1. The van der Waals surface area contributed by atoms with Gasteiger partial charge in [0, 0.05) is 6.54 Å². The second-order valence-electron chi connectivity index (χ2n) is 6.36. The van der Waals surface area contributed by atoms with E-state index in [0.29, 0.717) is 19.1 Å². The number of rotatable bonds is 8. The second-order valence-corrected chi connectivity index (χ2v) is 6.36. The number of allylic oxidation sites excluding steroid dienone is 2. The van der Waals surface area contributed by atoms with Gasteiger partial charge in [-0.3, -0.25) is 0 Å². The molecule has 0 spiro atoms. The molecule has 0 bridgehead atoms. The van der Waals surface area contributed by atoms with Crippen molar-refractivity contribution in [1.82, 2.24) is 5.32 Å². The van der Waals surface area contributed by atoms with Gasteiger partial charge in [-0.05, 0) is 63.1 Å². The van der Waals surface area contributed by atoms with Crippen molar-refractivity contribution in [3.8, 4) is 5.75 Å². The molecule has 4 heteroatoms. The number of hydrogen-bond acceptors (Lipinski definition) is 3. The average molecular weight is 319 g/mol. The molecule has 0 saturated carbocycles. The summed E-state index contributed by atoms with van der Waals surface area (Å²) in [5.74, 6) is 0.802. The van der Waals surface area contributed by atoms with Crippen LogP contribution < -0.4 is 5.32 Å². The van der Waals surface area contributed by atoms with E-state index in [1.165, 1.54) is 5.57 Å². The van der Waals surface area contributed by atoms with Crippen molar-refractivity contribution in [2.24, 2.45) is 5.92 Å². The Labute approximate surface area is 139 Å². The average Bonchev–Trinajstić information content (AvgIpc) is 2.48. The summed E-state index contributed by atoms with van der Waals surface area (Å²) < 4.78 is 5.20. The molecule has 0 saturated heterocycles. The van der Waals surface area contributed by atoms with Gasteiger partial charge >= 0.3 is 6.09 Å². The number of nitrogens with one attached hydrogen (secondary N) is 1. The van der Waals surface area contributed by atoms with Gasteiger partial charge in [0.25, 0.3) is 0 Å². The summed E-state index contributed by atoms with van der Waals surface area (Å²) in [5, 5.41) is 12.2. The van der Waals surface area contributed by atoms with Crippen LogP contribution in [0.4, 0.5) is 4.79 Å². The van der Waals surface area contributed by atoms with Crippen molar-refractivity contribution in [3.63, 3.8) is 0 Å². The Bertz CT molecular complexity index is 533. The first-order chi connectivity index (χ1) is 10.9. The number of alkyl carbamates (subject to hydrolysis) is 1. The van der Waals surface area contributed by atoms with Crippen LogP contribution in [0.25, 0.3) is 0 Å². The zero-order valence-electron chi connectivity index (χ0n) is 14.7. The molecule has 0 radical (unpaired) electrons. The van der Waals surface area contributed by atoms with Crippen molar-refractivity contribution < 1.29 is 14.6 Å². The van der Waals surface area contributed by atoms with E-state index in [4.69, 9.17) is 4.74 Å². The Hall–Kier alpha value is -1.97. The highest BCUT2D eigenvalue weighted by Gasteiger charge is 2.06. The zero-order valence-corrected chi connectivity index (χ0v) is 14.7. The molecule has 0 aliphatic carbocycles. The molecule has 1 atom stereocenters. The highest BCUT2D eigenvalue weighted by Crippen LogP contribution is 2.16. The molecule has 0 aliphatic rings. The van der Waals surface area contributed by atoms with E-state index in [9.17, 15) is 9.90 Å². The Kier molecular flexibility index (Phi) is 8.23. The molecule has 0 heterocycles. The molecule has 23 heavy (non-hydrogen) atoms. The fourth-order valence-electron chi connectivity index (χ4n) is 2.21. The smallest absolute Gasteiger partial charge is 0.407 e. The fraction of sp³-hybridized carbons (Fsp3) is 0.526. The van der Waals surface area contributed by atoms with Gasteiger partial charge < -0.3 is 15.2 Å². The number of hydrogen-bond donors (Lipinski definition) is 2. The largest absolute Gasteiger partial charge is 0.508 e. The van der Waals surface area contributed by atoms with E-state index < -0.39 is 6.09 Å². The summed E-state index contributed by atoms with van der Waals surface area (Å²) in [6, 6.07) is 5.26. The SMILES string of the molecule is CC(C)=CCCC(C)CCOC(=O)NCc1ccc(O)c(C)c1. The van der Waals surface area contributed by atoms with Crippen molar-refractivity contribution in [2.45, 2.75) is 53.5 Å². The van der Waals surface area contributed by atoms with Crippen LogP contribution in [0.5, 0.6) is 5.75 Å². The monoisotopic (exact) mass is 319 g/mol. The van der Waals surface area contributed by atoms with Crippen LogP contribution in [0, 0.1) is 12.8 Å². The third kappa shape index (κ3) is 8.29. The van der Waals surface area contributed by atoms with E-state index in [2.05, 4.69) is 32.2 Å².